The van der Waals surface area contributed by atoms with Crippen LogP contribution in [0.3, 0.4) is 0 Å². The van der Waals surface area contributed by atoms with E-state index in [9.17, 15) is 0 Å². The summed E-state index contributed by atoms with van der Waals surface area (Å²) in [5, 5.41) is 5.22. The SMILES string of the molecule is CC1=CCC(n2c3ccccc3c3cc(-n4c5ccccc5c5ccccc54)ccc32)C=C1. The summed E-state index contributed by atoms with van der Waals surface area (Å²) in [4.78, 5) is 0. The standard InChI is InChI=1S/C31H24N2/c1-21-14-16-22(17-15-21)32-30-13-7-4-10-26(30)27-20-23(18-19-31(27)32)33-28-11-5-2-8-24(28)25-9-3-6-12-29(25)33/h2-16,18-20,22H,17H2,1H3. The van der Waals surface area contributed by atoms with Gasteiger partial charge in [-0.2, -0.15) is 0 Å². The Balaban J connectivity index is 1.53. The number of rotatable bonds is 2. The molecule has 0 radical (unpaired) electrons. The number of benzene rings is 4. The third kappa shape index (κ3) is 2.67. The largest absolute Gasteiger partial charge is 0.333 e. The minimum absolute atomic E-state index is 0.343. The minimum Gasteiger partial charge on any atom is -0.333 e. The van der Waals surface area contributed by atoms with E-state index in [1.54, 1.807) is 0 Å². The van der Waals surface area contributed by atoms with Crippen LogP contribution in [0.5, 0.6) is 0 Å². The van der Waals surface area contributed by atoms with Crippen LogP contribution in [0, 0.1) is 0 Å². The van der Waals surface area contributed by atoms with Crippen LogP contribution in [-0.4, -0.2) is 9.13 Å². The van der Waals surface area contributed by atoms with Crippen molar-refractivity contribution in [2.75, 3.05) is 0 Å². The number of fused-ring (bicyclic) bond motifs is 6. The molecule has 7 rings (SSSR count). The minimum atomic E-state index is 0.343. The van der Waals surface area contributed by atoms with Crippen molar-refractivity contribution in [3.63, 3.8) is 0 Å². The molecular weight excluding hydrogens is 400 g/mol. The molecule has 0 aliphatic heterocycles. The lowest BCUT2D eigenvalue weighted by molar-refractivity contribution is 0.644. The van der Waals surface area contributed by atoms with Crippen LogP contribution in [0.4, 0.5) is 0 Å². The van der Waals surface area contributed by atoms with Crippen LogP contribution in [0.1, 0.15) is 19.4 Å². The van der Waals surface area contributed by atoms with Crippen LogP contribution in [-0.2, 0) is 0 Å². The van der Waals surface area contributed by atoms with Gasteiger partial charge >= 0.3 is 0 Å². The van der Waals surface area contributed by atoms with Crippen molar-refractivity contribution >= 4 is 43.6 Å². The van der Waals surface area contributed by atoms with Crippen LogP contribution >= 0.6 is 0 Å². The van der Waals surface area contributed by atoms with Gasteiger partial charge in [-0.25, -0.2) is 0 Å². The van der Waals surface area contributed by atoms with Crippen LogP contribution in [0.25, 0.3) is 49.3 Å². The third-order valence-corrected chi connectivity index (χ3v) is 7.13. The molecule has 1 unspecified atom stereocenters. The second-order valence-electron chi connectivity index (χ2n) is 9.07. The molecule has 4 aromatic carbocycles. The molecule has 0 N–H and O–H groups in total. The fraction of sp³-hybridized carbons (Fsp3) is 0.0968. The van der Waals surface area contributed by atoms with Crippen molar-refractivity contribution in [1.82, 2.24) is 9.13 Å². The van der Waals surface area contributed by atoms with E-state index in [0.29, 0.717) is 6.04 Å². The quantitative estimate of drug-likeness (QED) is 0.264. The molecule has 6 aromatic rings. The molecule has 1 atom stereocenters. The second kappa shape index (κ2) is 6.98. The van der Waals surface area contributed by atoms with E-state index in [2.05, 4.69) is 125 Å². The van der Waals surface area contributed by atoms with Crippen molar-refractivity contribution in [2.24, 2.45) is 0 Å². The lowest BCUT2D eigenvalue weighted by Gasteiger charge is -2.20. The molecule has 0 spiro atoms. The van der Waals surface area contributed by atoms with Crippen molar-refractivity contribution in [2.45, 2.75) is 19.4 Å². The van der Waals surface area contributed by atoms with Gasteiger partial charge in [0.15, 0.2) is 0 Å². The number of aromatic nitrogens is 2. The Labute approximate surface area is 192 Å². The molecule has 2 nitrogen and oxygen atoms in total. The Morgan fingerprint density at radius 1 is 0.636 bits per heavy atom. The summed E-state index contributed by atoms with van der Waals surface area (Å²) in [5.41, 5.74) is 7.64. The number of para-hydroxylation sites is 3. The molecule has 1 aliphatic rings. The molecular formula is C31H24N2. The number of hydrogen-bond donors (Lipinski definition) is 0. The first-order chi connectivity index (χ1) is 16.3. The summed E-state index contributed by atoms with van der Waals surface area (Å²) in [6.07, 6.45) is 7.98. The molecule has 1 aliphatic carbocycles. The Morgan fingerprint density at radius 2 is 1.21 bits per heavy atom. The van der Waals surface area contributed by atoms with E-state index in [1.807, 2.05) is 0 Å². The van der Waals surface area contributed by atoms with E-state index in [0.717, 1.165) is 6.42 Å². The zero-order valence-corrected chi connectivity index (χ0v) is 18.6. The summed E-state index contributed by atoms with van der Waals surface area (Å²) in [6, 6.07) is 33.6. The summed E-state index contributed by atoms with van der Waals surface area (Å²) in [6.45, 7) is 2.18. The molecule has 158 valence electrons. The number of hydrogen-bond acceptors (Lipinski definition) is 0. The van der Waals surface area contributed by atoms with Crippen molar-refractivity contribution in [3.05, 3.63) is 115 Å². The van der Waals surface area contributed by atoms with Gasteiger partial charge in [0, 0.05) is 38.3 Å². The van der Waals surface area contributed by atoms with Crippen LogP contribution in [0.2, 0.25) is 0 Å². The van der Waals surface area contributed by atoms with Crippen molar-refractivity contribution in [1.29, 1.82) is 0 Å². The predicted molar refractivity (Wildman–Crippen MR) is 140 cm³/mol. The monoisotopic (exact) mass is 424 g/mol. The second-order valence-corrected chi connectivity index (χ2v) is 9.07. The van der Waals surface area contributed by atoms with E-state index in [-0.39, 0.29) is 0 Å². The maximum absolute atomic E-state index is 2.51. The van der Waals surface area contributed by atoms with Gasteiger partial charge in [0.25, 0.3) is 0 Å². The smallest absolute Gasteiger partial charge is 0.0560 e. The highest BCUT2D eigenvalue weighted by molar-refractivity contribution is 6.11. The zero-order valence-electron chi connectivity index (χ0n) is 18.6. The molecule has 2 heteroatoms. The maximum atomic E-state index is 2.51. The zero-order chi connectivity index (χ0) is 21.9. The van der Waals surface area contributed by atoms with Gasteiger partial charge < -0.3 is 9.13 Å². The fourth-order valence-corrected chi connectivity index (χ4v) is 5.60. The van der Waals surface area contributed by atoms with E-state index in [1.165, 1.54) is 54.9 Å². The van der Waals surface area contributed by atoms with Crippen molar-refractivity contribution in [3.8, 4) is 5.69 Å². The number of allylic oxidation sites excluding steroid dienone is 4. The third-order valence-electron chi connectivity index (χ3n) is 7.13. The van der Waals surface area contributed by atoms with Crippen molar-refractivity contribution < 1.29 is 0 Å². The van der Waals surface area contributed by atoms with E-state index in [4.69, 9.17) is 0 Å². The van der Waals surface area contributed by atoms with E-state index < -0.39 is 0 Å². The van der Waals surface area contributed by atoms with Gasteiger partial charge in [-0.05, 0) is 49.7 Å². The highest BCUT2D eigenvalue weighted by Crippen LogP contribution is 2.38. The first-order valence-corrected chi connectivity index (χ1v) is 11.7. The molecule has 0 saturated heterocycles. The molecule has 0 saturated carbocycles. The van der Waals surface area contributed by atoms with Crippen LogP contribution < -0.4 is 0 Å². The van der Waals surface area contributed by atoms with Gasteiger partial charge in [-0.1, -0.05) is 78.4 Å². The Hall–Kier alpha value is -4.04. The number of nitrogens with zero attached hydrogens (tertiary/aromatic N) is 2. The van der Waals surface area contributed by atoms with Crippen LogP contribution in [0.15, 0.2) is 115 Å². The Kier molecular flexibility index (Phi) is 3.92. The average molecular weight is 425 g/mol. The molecule has 0 amide bonds. The molecule has 33 heavy (non-hydrogen) atoms. The summed E-state index contributed by atoms with van der Waals surface area (Å²) >= 11 is 0. The highest BCUT2D eigenvalue weighted by Gasteiger charge is 2.19. The lowest BCUT2D eigenvalue weighted by Crippen LogP contribution is -2.07. The molecule has 0 bridgehead atoms. The Bertz CT molecular complexity index is 1700. The molecule has 2 heterocycles. The van der Waals surface area contributed by atoms with Gasteiger partial charge in [-0.3, -0.25) is 0 Å². The molecule has 2 aromatic heterocycles. The normalized spacial score (nSPS) is 16.3. The molecule has 0 fully saturated rings. The van der Waals surface area contributed by atoms with Gasteiger partial charge in [0.1, 0.15) is 0 Å². The summed E-state index contributed by atoms with van der Waals surface area (Å²) in [5.74, 6) is 0. The average Bonchev–Trinajstić information content (AvgIpc) is 3.37. The highest BCUT2D eigenvalue weighted by atomic mass is 15.0. The first kappa shape index (κ1) is 18.5. The van der Waals surface area contributed by atoms with Gasteiger partial charge in [0.05, 0.1) is 17.1 Å². The topological polar surface area (TPSA) is 9.86 Å². The summed E-state index contributed by atoms with van der Waals surface area (Å²) in [7, 11) is 0. The lowest BCUT2D eigenvalue weighted by atomic mass is 10.0. The fourth-order valence-electron chi connectivity index (χ4n) is 5.60. The Morgan fingerprint density at radius 3 is 1.85 bits per heavy atom. The first-order valence-electron chi connectivity index (χ1n) is 11.7. The predicted octanol–water partition coefficient (Wildman–Crippen LogP) is 8.34. The van der Waals surface area contributed by atoms with E-state index >= 15 is 0 Å². The summed E-state index contributed by atoms with van der Waals surface area (Å²) < 4.78 is 4.92. The van der Waals surface area contributed by atoms with Gasteiger partial charge in [-0.15, -0.1) is 0 Å². The van der Waals surface area contributed by atoms with Gasteiger partial charge in [0.2, 0.25) is 0 Å². The maximum Gasteiger partial charge on any atom is 0.0560 e.